The molecule has 3 nitrogen and oxygen atoms in total. The van der Waals surface area contributed by atoms with Gasteiger partial charge in [-0.05, 0) is 25.7 Å². The normalized spacial score (nSPS) is 29.6. The van der Waals surface area contributed by atoms with Crippen molar-refractivity contribution in [1.82, 2.24) is 9.80 Å². The Labute approximate surface area is 144 Å². The SMILES string of the molecule is CC1=CN(CC2CCC(F)(F)CC2)C(C(F)(F)F)N1CC1(C)COC1. The van der Waals surface area contributed by atoms with Gasteiger partial charge in [0.2, 0.25) is 5.92 Å². The first kappa shape index (κ1) is 18.7. The van der Waals surface area contributed by atoms with Crippen molar-refractivity contribution in [3.8, 4) is 0 Å². The maximum absolute atomic E-state index is 13.7. The summed E-state index contributed by atoms with van der Waals surface area (Å²) in [5.74, 6) is -2.79. The lowest BCUT2D eigenvalue weighted by molar-refractivity contribution is -0.217. The smallest absolute Gasteiger partial charge is 0.380 e. The molecule has 2 heterocycles. The van der Waals surface area contributed by atoms with Crippen molar-refractivity contribution in [3.63, 3.8) is 0 Å². The molecular weight excluding hydrogens is 343 g/mol. The van der Waals surface area contributed by atoms with E-state index in [9.17, 15) is 22.0 Å². The Hall–Kier alpha value is -1.05. The molecule has 0 spiro atoms. The lowest BCUT2D eigenvalue weighted by atomic mass is 9.86. The van der Waals surface area contributed by atoms with Crippen LogP contribution in [0.5, 0.6) is 0 Å². The van der Waals surface area contributed by atoms with Crippen molar-refractivity contribution < 1.29 is 26.7 Å². The molecule has 25 heavy (non-hydrogen) atoms. The largest absolute Gasteiger partial charge is 0.427 e. The van der Waals surface area contributed by atoms with Gasteiger partial charge in [0.1, 0.15) is 0 Å². The van der Waals surface area contributed by atoms with Gasteiger partial charge in [-0.2, -0.15) is 13.2 Å². The molecule has 8 heteroatoms. The van der Waals surface area contributed by atoms with Crippen LogP contribution in [-0.4, -0.2) is 54.4 Å². The van der Waals surface area contributed by atoms with E-state index in [1.54, 1.807) is 6.92 Å². The minimum atomic E-state index is -4.41. The number of halogens is 5. The van der Waals surface area contributed by atoms with Crippen LogP contribution in [0.1, 0.15) is 39.5 Å². The third kappa shape index (κ3) is 4.04. The van der Waals surface area contributed by atoms with Crippen LogP contribution in [0.2, 0.25) is 0 Å². The van der Waals surface area contributed by atoms with Gasteiger partial charge in [-0.15, -0.1) is 0 Å². The molecule has 0 amide bonds. The Morgan fingerprint density at radius 2 is 1.80 bits per heavy atom. The van der Waals surface area contributed by atoms with Crippen molar-refractivity contribution in [2.75, 3.05) is 26.3 Å². The number of allylic oxidation sites excluding steroid dienone is 1. The Morgan fingerprint density at radius 1 is 1.20 bits per heavy atom. The summed E-state index contributed by atoms with van der Waals surface area (Å²) in [7, 11) is 0. The summed E-state index contributed by atoms with van der Waals surface area (Å²) in [4.78, 5) is 2.69. The van der Waals surface area contributed by atoms with Crippen molar-refractivity contribution in [3.05, 3.63) is 11.9 Å². The van der Waals surface area contributed by atoms with Crippen LogP contribution in [0.25, 0.3) is 0 Å². The highest BCUT2D eigenvalue weighted by Crippen LogP contribution is 2.41. The molecule has 3 rings (SSSR count). The number of nitrogens with zero attached hydrogens (tertiary/aromatic N) is 2. The molecule has 1 saturated heterocycles. The molecule has 144 valence electrons. The number of hydrogen-bond acceptors (Lipinski definition) is 3. The van der Waals surface area contributed by atoms with Gasteiger partial charge < -0.3 is 14.5 Å². The second kappa shape index (κ2) is 6.28. The van der Waals surface area contributed by atoms with Crippen LogP contribution < -0.4 is 0 Å². The summed E-state index contributed by atoms with van der Waals surface area (Å²) < 4.78 is 73.0. The van der Waals surface area contributed by atoms with E-state index in [0.717, 1.165) is 0 Å². The zero-order valence-corrected chi connectivity index (χ0v) is 14.6. The topological polar surface area (TPSA) is 15.7 Å². The van der Waals surface area contributed by atoms with Crippen molar-refractivity contribution >= 4 is 0 Å². The molecule has 1 saturated carbocycles. The Kier molecular flexibility index (Phi) is 4.71. The molecule has 1 atom stereocenters. The van der Waals surface area contributed by atoms with Gasteiger partial charge >= 0.3 is 6.18 Å². The van der Waals surface area contributed by atoms with Crippen LogP contribution in [0.15, 0.2) is 11.9 Å². The Balaban J connectivity index is 1.70. The number of hydrogen-bond donors (Lipinski definition) is 0. The van der Waals surface area contributed by atoms with Crippen LogP contribution >= 0.6 is 0 Å². The predicted octanol–water partition coefficient (Wildman–Crippen LogP) is 4.22. The maximum Gasteiger partial charge on any atom is 0.427 e. The van der Waals surface area contributed by atoms with E-state index in [-0.39, 0.29) is 50.1 Å². The van der Waals surface area contributed by atoms with Gasteiger partial charge in [-0.1, -0.05) is 6.92 Å². The predicted molar refractivity (Wildman–Crippen MR) is 82.8 cm³/mol. The minimum absolute atomic E-state index is 0.129. The van der Waals surface area contributed by atoms with Gasteiger partial charge in [-0.25, -0.2) is 8.78 Å². The fraction of sp³-hybridized carbons (Fsp3) is 0.882. The van der Waals surface area contributed by atoms with E-state index in [1.165, 1.54) is 16.0 Å². The molecule has 0 aromatic heterocycles. The fourth-order valence-electron chi connectivity index (χ4n) is 4.02. The Morgan fingerprint density at radius 3 is 2.28 bits per heavy atom. The van der Waals surface area contributed by atoms with Crippen LogP contribution in [0.4, 0.5) is 22.0 Å². The molecule has 2 fully saturated rings. The van der Waals surface area contributed by atoms with E-state index < -0.39 is 18.3 Å². The van der Waals surface area contributed by atoms with Gasteiger partial charge in [-0.3, -0.25) is 0 Å². The number of ether oxygens (including phenoxy) is 1. The first-order chi connectivity index (χ1) is 11.5. The summed E-state index contributed by atoms with van der Waals surface area (Å²) >= 11 is 0. The molecule has 0 radical (unpaired) electrons. The molecule has 0 aromatic carbocycles. The zero-order valence-electron chi connectivity index (χ0n) is 14.6. The fourth-order valence-corrected chi connectivity index (χ4v) is 4.02. The van der Waals surface area contributed by atoms with Gasteiger partial charge in [0, 0.05) is 43.2 Å². The van der Waals surface area contributed by atoms with Crippen LogP contribution in [0.3, 0.4) is 0 Å². The molecule has 0 aromatic rings. The van der Waals surface area contributed by atoms with E-state index in [1.807, 2.05) is 6.92 Å². The van der Waals surface area contributed by atoms with Gasteiger partial charge in [0.15, 0.2) is 6.17 Å². The van der Waals surface area contributed by atoms with E-state index in [0.29, 0.717) is 18.9 Å². The van der Waals surface area contributed by atoms with Crippen molar-refractivity contribution in [2.45, 2.75) is 57.8 Å². The van der Waals surface area contributed by atoms with Crippen LogP contribution in [-0.2, 0) is 4.74 Å². The summed E-state index contributed by atoms with van der Waals surface area (Å²) in [5, 5.41) is 0. The summed E-state index contributed by atoms with van der Waals surface area (Å²) in [5.41, 5.74) is 0.290. The zero-order chi connectivity index (χ0) is 18.5. The monoisotopic (exact) mass is 368 g/mol. The molecular formula is C17H25F5N2O. The second-order valence-electron chi connectivity index (χ2n) is 8.11. The van der Waals surface area contributed by atoms with Crippen LogP contribution in [0, 0.1) is 11.3 Å². The highest BCUT2D eigenvalue weighted by molar-refractivity contribution is 5.11. The summed E-state index contributed by atoms with van der Waals surface area (Å²) in [6.45, 7) is 4.96. The van der Waals surface area contributed by atoms with E-state index in [2.05, 4.69) is 0 Å². The first-order valence-corrected chi connectivity index (χ1v) is 8.72. The molecule has 1 unspecified atom stereocenters. The summed E-state index contributed by atoms with van der Waals surface area (Å²) in [6.07, 6.45) is -4.51. The third-order valence-electron chi connectivity index (χ3n) is 5.47. The average Bonchev–Trinajstić information content (AvgIpc) is 2.75. The van der Waals surface area contributed by atoms with Crippen molar-refractivity contribution in [2.24, 2.45) is 11.3 Å². The highest BCUT2D eigenvalue weighted by atomic mass is 19.4. The molecule has 1 aliphatic carbocycles. The average molecular weight is 368 g/mol. The van der Waals surface area contributed by atoms with Crippen molar-refractivity contribution in [1.29, 1.82) is 0 Å². The molecule has 2 aliphatic heterocycles. The van der Waals surface area contributed by atoms with Gasteiger partial charge in [0.25, 0.3) is 0 Å². The minimum Gasteiger partial charge on any atom is -0.380 e. The van der Waals surface area contributed by atoms with E-state index in [4.69, 9.17) is 4.74 Å². The quantitative estimate of drug-likeness (QED) is 0.691. The summed E-state index contributed by atoms with van der Waals surface area (Å²) in [6, 6.07) is 0. The molecule has 0 bridgehead atoms. The standard InChI is InChI=1S/C17H25F5N2O/c1-12-7-23(8-13-3-5-16(18,19)6-4-13)14(17(20,21)22)24(12)9-15(2)10-25-11-15/h7,13-14H,3-6,8-11H2,1-2H3. The second-order valence-corrected chi connectivity index (χ2v) is 8.11. The van der Waals surface area contributed by atoms with E-state index >= 15 is 0 Å². The first-order valence-electron chi connectivity index (χ1n) is 8.72. The highest BCUT2D eigenvalue weighted by Gasteiger charge is 2.52. The third-order valence-corrected chi connectivity index (χ3v) is 5.47. The van der Waals surface area contributed by atoms with Gasteiger partial charge in [0.05, 0.1) is 13.2 Å². The number of alkyl halides is 5. The molecule has 3 aliphatic rings. The lowest BCUT2D eigenvalue weighted by Crippen LogP contribution is -2.56. The maximum atomic E-state index is 13.7. The molecule has 0 N–H and O–H groups in total. The lowest BCUT2D eigenvalue weighted by Gasteiger charge is -2.45. The Bertz CT molecular complexity index is 520. The number of rotatable bonds is 4.